The lowest BCUT2D eigenvalue weighted by molar-refractivity contribution is -0.133. The van der Waals surface area contributed by atoms with Gasteiger partial charge < -0.3 is 20.4 Å². The molecule has 1 saturated heterocycles. The zero-order valence-electron chi connectivity index (χ0n) is 17.4. The summed E-state index contributed by atoms with van der Waals surface area (Å²) >= 11 is 0. The minimum absolute atomic E-state index is 0. The molecule has 1 atom stereocenters. The van der Waals surface area contributed by atoms with E-state index in [0.29, 0.717) is 6.04 Å². The van der Waals surface area contributed by atoms with Crippen molar-refractivity contribution >= 4 is 35.8 Å². The Morgan fingerprint density at radius 2 is 1.92 bits per heavy atom. The third-order valence-electron chi connectivity index (χ3n) is 4.73. The monoisotopic (exact) mass is 481 g/mol. The van der Waals surface area contributed by atoms with Gasteiger partial charge in [0, 0.05) is 38.1 Å². The number of halogens is 1. The molecular formula is C19H40IN5O. The second kappa shape index (κ2) is 14.5. The minimum Gasteiger partial charge on any atom is -0.357 e. The minimum atomic E-state index is 0. The number of nitrogens with one attached hydrogen (secondary N) is 2. The summed E-state index contributed by atoms with van der Waals surface area (Å²) < 4.78 is 0. The van der Waals surface area contributed by atoms with Crippen LogP contribution in [0.25, 0.3) is 0 Å². The van der Waals surface area contributed by atoms with Crippen molar-refractivity contribution in [3.63, 3.8) is 0 Å². The number of aliphatic imine (C=N–C) groups is 1. The van der Waals surface area contributed by atoms with E-state index in [0.717, 1.165) is 64.6 Å². The average Bonchev–Trinajstić information content (AvgIpc) is 3.05. The maximum Gasteiger partial charge on any atom is 0.225 e. The van der Waals surface area contributed by atoms with E-state index in [1.807, 2.05) is 18.7 Å². The summed E-state index contributed by atoms with van der Waals surface area (Å²) in [5.74, 6) is 1.21. The molecule has 0 aliphatic carbocycles. The van der Waals surface area contributed by atoms with Gasteiger partial charge in [-0.3, -0.25) is 9.79 Å². The second-order valence-corrected chi connectivity index (χ2v) is 7.06. The van der Waals surface area contributed by atoms with E-state index in [-0.39, 0.29) is 35.8 Å². The fourth-order valence-electron chi connectivity index (χ4n) is 3.13. The van der Waals surface area contributed by atoms with Crippen LogP contribution in [0.2, 0.25) is 0 Å². The molecule has 2 N–H and O–H groups in total. The third kappa shape index (κ3) is 9.39. The molecule has 1 heterocycles. The maximum atomic E-state index is 12.1. The first kappa shape index (κ1) is 25.4. The van der Waals surface area contributed by atoms with Gasteiger partial charge in [-0.05, 0) is 45.8 Å². The van der Waals surface area contributed by atoms with Crippen LogP contribution < -0.4 is 10.6 Å². The molecule has 0 saturated carbocycles. The molecule has 1 amide bonds. The van der Waals surface area contributed by atoms with E-state index >= 15 is 0 Å². The van der Waals surface area contributed by atoms with Crippen molar-refractivity contribution < 1.29 is 4.79 Å². The van der Waals surface area contributed by atoms with E-state index in [1.54, 1.807) is 0 Å². The number of carbonyl (C=O) groups excluding carboxylic acids is 1. The van der Waals surface area contributed by atoms with Crippen molar-refractivity contribution in [2.24, 2.45) is 10.9 Å². The first-order chi connectivity index (χ1) is 12.0. The molecule has 7 heteroatoms. The maximum absolute atomic E-state index is 12.1. The molecule has 1 rings (SSSR count). The van der Waals surface area contributed by atoms with Crippen LogP contribution in [0.15, 0.2) is 4.99 Å². The Labute approximate surface area is 177 Å². The molecule has 0 aromatic carbocycles. The van der Waals surface area contributed by atoms with Crippen molar-refractivity contribution in [3.05, 3.63) is 0 Å². The summed E-state index contributed by atoms with van der Waals surface area (Å²) in [7, 11) is 0. The fourth-order valence-corrected chi connectivity index (χ4v) is 3.13. The normalized spacial score (nSPS) is 17.6. The van der Waals surface area contributed by atoms with Gasteiger partial charge in [0.1, 0.15) is 0 Å². The summed E-state index contributed by atoms with van der Waals surface area (Å²) in [5.41, 5.74) is 0. The lowest BCUT2D eigenvalue weighted by Crippen LogP contribution is -2.45. The van der Waals surface area contributed by atoms with E-state index in [2.05, 4.69) is 36.3 Å². The van der Waals surface area contributed by atoms with E-state index in [1.165, 1.54) is 6.42 Å². The number of amides is 1. The van der Waals surface area contributed by atoms with Gasteiger partial charge in [-0.2, -0.15) is 0 Å². The molecule has 1 aliphatic rings. The number of guanidine groups is 1. The zero-order chi connectivity index (χ0) is 18.7. The Kier molecular flexibility index (Phi) is 14.2. The van der Waals surface area contributed by atoms with Gasteiger partial charge >= 0.3 is 0 Å². The summed E-state index contributed by atoms with van der Waals surface area (Å²) in [6.45, 7) is 17.2. The third-order valence-corrected chi connectivity index (χ3v) is 4.73. The van der Waals surface area contributed by atoms with Gasteiger partial charge in [0.25, 0.3) is 0 Å². The molecule has 0 spiro atoms. The molecule has 154 valence electrons. The Balaban J connectivity index is 0.00000625. The van der Waals surface area contributed by atoms with Gasteiger partial charge in [-0.25, -0.2) is 0 Å². The molecule has 0 bridgehead atoms. The van der Waals surface area contributed by atoms with Crippen molar-refractivity contribution in [2.75, 3.05) is 45.8 Å². The van der Waals surface area contributed by atoms with Crippen molar-refractivity contribution in [1.82, 2.24) is 20.4 Å². The molecule has 1 unspecified atom stereocenters. The first-order valence-corrected chi connectivity index (χ1v) is 10.1. The number of nitrogens with zero attached hydrogens (tertiary/aromatic N) is 3. The van der Waals surface area contributed by atoms with Gasteiger partial charge in [0.15, 0.2) is 5.96 Å². The molecule has 1 aliphatic heterocycles. The largest absolute Gasteiger partial charge is 0.357 e. The van der Waals surface area contributed by atoms with Crippen LogP contribution in [-0.2, 0) is 4.79 Å². The summed E-state index contributed by atoms with van der Waals surface area (Å²) in [6, 6.07) is 0.302. The number of likely N-dealkylation sites (tertiary alicyclic amines) is 1. The van der Waals surface area contributed by atoms with E-state index < -0.39 is 0 Å². The molecule has 1 fully saturated rings. The van der Waals surface area contributed by atoms with Crippen LogP contribution in [0.4, 0.5) is 0 Å². The Morgan fingerprint density at radius 1 is 1.23 bits per heavy atom. The quantitative estimate of drug-likeness (QED) is 0.218. The van der Waals surface area contributed by atoms with Gasteiger partial charge in [-0.15, -0.1) is 24.0 Å². The highest BCUT2D eigenvalue weighted by Crippen LogP contribution is 2.12. The molecule has 26 heavy (non-hydrogen) atoms. The van der Waals surface area contributed by atoms with Crippen LogP contribution in [-0.4, -0.2) is 73.5 Å². The van der Waals surface area contributed by atoms with Crippen molar-refractivity contribution in [3.8, 4) is 0 Å². The second-order valence-electron chi connectivity index (χ2n) is 7.06. The predicted molar refractivity (Wildman–Crippen MR) is 121 cm³/mol. The van der Waals surface area contributed by atoms with Crippen LogP contribution in [0.1, 0.15) is 53.9 Å². The highest BCUT2D eigenvalue weighted by Gasteiger charge is 2.27. The van der Waals surface area contributed by atoms with Crippen LogP contribution in [0, 0.1) is 5.92 Å². The topological polar surface area (TPSA) is 60.0 Å². The number of hydrogen-bond donors (Lipinski definition) is 2. The smallest absolute Gasteiger partial charge is 0.225 e. The number of rotatable bonds is 10. The van der Waals surface area contributed by atoms with Crippen LogP contribution in [0.5, 0.6) is 0 Å². The van der Waals surface area contributed by atoms with Crippen molar-refractivity contribution in [1.29, 1.82) is 0 Å². The van der Waals surface area contributed by atoms with Gasteiger partial charge in [0.05, 0.1) is 0 Å². The SMILES string of the molecule is CCNC(=NCCCCN(CC)CC)NC1CCN(C(=O)C(C)C)C1.I. The van der Waals surface area contributed by atoms with E-state index in [4.69, 9.17) is 4.99 Å². The molecule has 0 aromatic rings. The number of carbonyl (C=O) groups is 1. The standard InChI is InChI=1S/C19H39N5O.HI/c1-6-20-19(21-12-9-10-13-23(7-2)8-3)22-17-11-14-24(15-17)18(25)16(4)5;/h16-17H,6-15H2,1-5H3,(H2,20,21,22);1H. The van der Waals surface area contributed by atoms with Crippen LogP contribution in [0.3, 0.4) is 0 Å². The van der Waals surface area contributed by atoms with Gasteiger partial charge in [-0.1, -0.05) is 27.7 Å². The average molecular weight is 481 g/mol. The summed E-state index contributed by atoms with van der Waals surface area (Å²) in [6.07, 6.45) is 3.28. The highest BCUT2D eigenvalue weighted by atomic mass is 127. The summed E-state index contributed by atoms with van der Waals surface area (Å²) in [5, 5.41) is 6.82. The molecule has 0 radical (unpaired) electrons. The lowest BCUT2D eigenvalue weighted by Gasteiger charge is -2.20. The van der Waals surface area contributed by atoms with E-state index in [9.17, 15) is 4.79 Å². The Bertz CT molecular complexity index is 413. The Morgan fingerprint density at radius 3 is 2.50 bits per heavy atom. The summed E-state index contributed by atoms with van der Waals surface area (Å²) in [4.78, 5) is 21.2. The van der Waals surface area contributed by atoms with Crippen LogP contribution >= 0.6 is 24.0 Å². The predicted octanol–water partition coefficient (Wildman–Crippen LogP) is 2.54. The Hall–Kier alpha value is -0.570. The van der Waals surface area contributed by atoms with Gasteiger partial charge in [0.2, 0.25) is 5.91 Å². The number of unbranched alkanes of at least 4 members (excludes halogenated alkanes) is 1. The van der Waals surface area contributed by atoms with Crippen molar-refractivity contribution in [2.45, 2.75) is 59.9 Å². The lowest BCUT2D eigenvalue weighted by atomic mass is 10.2. The molecular weight excluding hydrogens is 441 g/mol. The molecule has 0 aromatic heterocycles. The first-order valence-electron chi connectivity index (χ1n) is 10.1. The fraction of sp³-hybridized carbons (Fsp3) is 0.895. The zero-order valence-corrected chi connectivity index (χ0v) is 19.7. The molecule has 6 nitrogen and oxygen atoms in total. The number of hydrogen-bond acceptors (Lipinski definition) is 3. The highest BCUT2D eigenvalue weighted by molar-refractivity contribution is 14.0.